The number of ether oxygens (including phenoxy) is 2. The van der Waals surface area contributed by atoms with Gasteiger partial charge in [0.25, 0.3) is 0 Å². The fraction of sp³-hybridized carbons (Fsp3) is 1.00. The predicted octanol–water partition coefficient (Wildman–Crippen LogP) is 0.119. The van der Waals surface area contributed by atoms with Crippen molar-refractivity contribution in [3.8, 4) is 0 Å². The van der Waals surface area contributed by atoms with Crippen molar-refractivity contribution in [2.24, 2.45) is 0 Å². The van der Waals surface area contributed by atoms with E-state index in [-0.39, 0.29) is 5.79 Å². The van der Waals surface area contributed by atoms with Gasteiger partial charge in [-0.3, -0.25) is 0 Å². The van der Waals surface area contributed by atoms with E-state index in [1.807, 2.05) is 4.31 Å². The maximum absolute atomic E-state index is 11.2. The fourth-order valence-corrected chi connectivity index (χ4v) is 2.57. The molecule has 0 aromatic heterocycles. The summed E-state index contributed by atoms with van der Waals surface area (Å²) in [5.74, 6) is -0.337. The van der Waals surface area contributed by atoms with Crippen LogP contribution in [0.2, 0.25) is 0 Å². The van der Waals surface area contributed by atoms with Gasteiger partial charge in [0.05, 0.1) is 24.2 Å². The van der Waals surface area contributed by atoms with E-state index >= 15 is 0 Å². The minimum atomic E-state index is -0.847. The van der Waals surface area contributed by atoms with E-state index in [9.17, 15) is 4.21 Å². The van der Waals surface area contributed by atoms with Gasteiger partial charge < -0.3 is 9.47 Å². The molecule has 2 saturated heterocycles. The third kappa shape index (κ3) is 1.93. The first-order valence-electron chi connectivity index (χ1n) is 4.58. The Bertz CT molecular complexity index is 205. The van der Waals surface area contributed by atoms with Crippen LogP contribution in [0.3, 0.4) is 0 Å². The molecule has 76 valence electrons. The van der Waals surface area contributed by atoms with Crippen LogP contribution in [-0.4, -0.2) is 46.9 Å². The number of nitrogens with zero attached hydrogens (tertiary/aromatic N) is 1. The van der Waals surface area contributed by atoms with E-state index in [4.69, 9.17) is 9.47 Å². The molecule has 13 heavy (non-hydrogen) atoms. The second-order valence-corrected chi connectivity index (χ2v) is 4.82. The molecule has 0 N–H and O–H groups in total. The monoisotopic (exact) mass is 205 g/mol. The van der Waals surface area contributed by atoms with Gasteiger partial charge in [-0.25, -0.2) is 8.51 Å². The Morgan fingerprint density at radius 3 is 2.23 bits per heavy atom. The van der Waals surface area contributed by atoms with Crippen molar-refractivity contribution < 1.29 is 13.7 Å². The zero-order chi connectivity index (χ0) is 9.31. The second-order valence-electron chi connectivity index (χ2n) is 3.46. The fourth-order valence-electron chi connectivity index (χ4n) is 1.87. The summed E-state index contributed by atoms with van der Waals surface area (Å²) in [6.45, 7) is 3.02. The van der Waals surface area contributed by atoms with E-state index in [0.717, 1.165) is 25.9 Å². The lowest BCUT2D eigenvalue weighted by Crippen LogP contribution is -2.45. The molecule has 2 aliphatic rings. The molecule has 2 fully saturated rings. The van der Waals surface area contributed by atoms with Crippen molar-refractivity contribution in [1.82, 2.24) is 4.31 Å². The summed E-state index contributed by atoms with van der Waals surface area (Å²) in [4.78, 5) is 0. The lowest BCUT2D eigenvalue weighted by molar-refractivity contribution is -0.179. The maximum Gasteiger partial charge on any atom is 0.171 e. The smallest absolute Gasteiger partial charge is 0.171 e. The summed E-state index contributed by atoms with van der Waals surface area (Å²) in [5.41, 5.74) is 0. The molecule has 1 atom stereocenters. The Hall–Kier alpha value is 0.0300. The van der Waals surface area contributed by atoms with Gasteiger partial charge in [0.15, 0.2) is 5.79 Å². The third-order valence-electron chi connectivity index (χ3n) is 2.66. The zero-order valence-electron chi connectivity index (χ0n) is 7.82. The molecule has 0 aliphatic carbocycles. The number of rotatable bonds is 1. The molecule has 0 saturated carbocycles. The quantitative estimate of drug-likeness (QED) is 0.610. The van der Waals surface area contributed by atoms with Crippen LogP contribution in [0.4, 0.5) is 0 Å². The number of piperidine rings is 1. The van der Waals surface area contributed by atoms with Crippen molar-refractivity contribution >= 4 is 11.0 Å². The molecule has 2 aliphatic heterocycles. The van der Waals surface area contributed by atoms with Crippen LogP contribution in [-0.2, 0) is 20.5 Å². The van der Waals surface area contributed by atoms with Gasteiger partial charge in [-0.15, -0.1) is 0 Å². The van der Waals surface area contributed by atoms with Gasteiger partial charge in [-0.1, -0.05) is 0 Å². The van der Waals surface area contributed by atoms with Crippen molar-refractivity contribution in [2.45, 2.75) is 18.6 Å². The molecule has 0 radical (unpaired) electrons. The summed E-state index contributed by atoms with van der Waals surface area (Å²) >= 11 is 0. The molecular weight excluding hydrogens is 190 g/mol. The molecular formula is C8H15NO3S. The summed E-state index contributed by atoms with van der Waals surface area (Å²) in [6, 6.07) is 0. The highest BCUT2D eigenvalue weighted by atomic mass is 32.2. The van der Waals surface area contributed by atoms with Gasteiger partial charge in [-0.05, 0) is 0 Å². The second kappa shape index (κ2) is 3.65. The number of hydrogen-bond acceptors (Lipinski definition) is 3. The van der Waals surface area contributed by atoms with Gasteiger partial charge in [-0.2, -0.15) is 0 Å². The Labute approximate surface area is 80.8 Å². The zero-order valence-corrected chi connectivity index (χ0v) is 8.64. The number of hydrogen-bond donors (Lipinski definition) is 0. The van der Waals surface area contributed by atoms with Crippen molar-refractivity contribution in [3.63, 3.8) is 0 Å². The minimum Gasteiger partial charge on any atom is -0.347 e. The van der Waals surface area contributed by atoms with Crippen LogP contribution in [0.25, 0.3) is 0 Å². The molecule has 2 rings (SSSR count). The Morgan fingerprint density at radius 1 is 1.23 bits per heavy atom. The van der Waals surface area contributed by atoms with Crippen molar-refractivity contribution in [2.75, 3.05) is 32.6 Å². The first-order chi connectivity index (χ1) is 6.22. The van der Waals surface area contributed by atoms with Gasteiger partial charge in [0, 0.05) is 32.2 Å². The predicted molar refractivity (Wildman–Crippen MR) is 49.5 cm³/mol. The molecule has 0 amide bonds. The van der Waals surface area contributed by atoms with E-state index in [1.54, 1.807) is 6.26 Å². The molecule has 4 nitrogen and oxygen atoms in total. The van der Waals surface area contributed by atoms with Crippen LogP contribution in [0.15, 0.2) is 0 Å². The summed E-state index contributed by atoms with van der Waals surface area (Å²) in [6.07, 6.45) is 3.40. The maximum atomic E-state index is 11.2. The highest BCUT2D eigenvalue weighted by Crippen LogP contribution is 2.31. The summed E-state index contributed by atoms with van der Waals surface area (Å²) in [7, 11) is -0.847. The van der Waals surface area contributed by atoms with Crippen LogP contribution in [0, 0.1) is 0 Å². The molecule has 1 unspecified atom stereocenters. The standard InChI is InChI=1S/C8H15NO3S/c1-13(10)9-4-2-8(3-5-9)11-6-7-12-8/h2-7H2,1H3. The van der Waals surface area contributed by atoms with E-state index in [0.29, 0.717) is 13.2 Å². The normalized spacial score (nSPS) is 30.8. The summed E-state index contributed by atoms with van der Waals surface area (Å²) in [5, 5.41) is 0. The van der Waals surface area contributed by atoms with Crippen LogP contribution >= 0.6 is 0 Å². The van der Waals surface area contributed by atoms with Gasteiger partial charge in [0.2, 0.25) is 0 Å². The van der Waals surface area contributed by atoms with Gasteiger partial charge >= 0.3 is 0 Å². The lowest BCUT2D eigenvalue weighted by Gasteiger charge is -2.36. The van der Waals surface area contributed by atoms with E-state index in [1.165, 1.54) is 0 Å². The van der Waals surface area contributed by atoms with Crippen molar-refractivity contribution in [1.29, 1.82) is 0 Å². The molecule has 1 spiro atoms. The van der Waals surface area contributed by atoms with Gasteiger partial charge in [0.1, 0.15) is 0 Å². The first-order valence-corrected chi connectivity index (χ1v) is 6.10. The van der Waals surface area contributed by atoms with E-state index in [2.05, 4.69) is 0 Å². The SMILES string of the molecule is CS(=O)N1CCC2(CC1)OCCO2. The lowest BCUT2D eigenvalue weighted by atomic mass is 10.1. The highest BCUT2D eigenvalue weighted by Gasteiger charge is 2.40. The summed E-state index contributed by atoms with van der Waals surface area (Å²) < 4.78 is 24.2. The van der Waals surface area contributed by atoms with Crippen LogP contribution in [0.1, 0.15) is 12.8 Å². The average Bonchev–Trinajstić information content (AvgIpc) is 2.54. The largest absolute Gasteiger partial charge is 0.347 e. The average molecular weight is 205 g/mol. The Morgan fingerprint density at radius 2 is 1.77 bits per heavy atom. The molecule has 0 aromatic rings. The molecule has 0 aromatic carbocycles. The minimum absolute atomic E-state index is 0.337. The Kier molecular flexibility index (Phi) is 2.69. The topological polar surface area (TPSA) is 38.8 Å². The van der Waals surface area contributed by atoms with Crippen LogP contribution in [0.5, 0.6) is 0 Å². The molecule has 2 heterocycles. The van der Waals surface area contributed by atoms with Crippen LogP contribution < -0.4 is 0 Å². The first kappa shape index (κ1) is 9.58. The van der Waals surface area contributed by atoms with E-state index < -0.39 is 11.0 Å². The third-order valence-corrected chi connectivity index (χ3v) is 3.75. The van der Waals surface area contributed by atoms with Crippen molar-refractivity contribution in [3.05, 3.63) is 0 Å². The Balaban J connectivity index is 1.91. The highest BCUT2D eigenvalue weighted by molar-refractivity contribution is 7.81. The molecule has 0 bridgehead atoms. The molecule has 5 heteroatoms.